The Morgan fingerprint density at radius 1 is 0.560 bits per heavy atom. The van der Waals surface area contributed by atoms with Gasteiger partial charge in [-0.1, -0.05) is 0 Å². The van der Waals surface area contributed by atoms with Gasteiger partial charge in [0.15, 0.2) is 0 Å². The zero-order valence-corrected chi connectivity index (χ0v) is 14.7. The average molecular weight is 370 g/mol. The van der Waals surface area contributed by atoms with E-state index in [0.29, 0.717) is 6.54 Å². The van der Waals surface area contributed by atoms with Gasteiger partial charge in [0, 0.05) is 38.8 Å². The van der Waals surface area contributed by atoms with Crippen LogP contribution in [0.3, 0.4) is 0 Å². The predicted octanol–water partition coefficient (Wildman–Crippen LogP) is -4.61. The van der Waals surface area contributed by atoms with Crippen LogP contribution in [-0.2, 0) is 0 Å². The maximum atomic E-state index is 9.67. The van der Waals surface area contributed by atoms with Crippen molar-refractivity contribution in [2.24, 2.45) is 0 Å². The van der Waals surface area contributed by atoms with E-state index in [-0.39, 0.29) is 32.2 Å². The van der Waals surface area contributed by atoms with Gasteiger partial charge in [0.1, 0.15) is 0 Å². The third-order valence-electron chi connectivity index (χ3n) is 3.82. The molecule has 0 aromatic rings. The molecule has 0 saturated carbocycles. The van der Waals surface area contributed by atoms with Crippen molar-refractivity contribution in [3.63, 3.8) is 0 Å². The van der Waals surface area contributed by atoms with Crippen LogP contribution in [0, 0.1) is 0 Å². The molecular weight excluding hydrogens is 336 g/mol. The summed E-state index contributed by atoms with van der Waals surface area (Å²) in [5, 5.41) is 74.6. The Morgan fingerprint density at radius 3 is 1.20 bits per heavy atom. The van der Waals surface area contributed by atoms with E-state index in [4.69, 9.17) is 20.4 Å². The van der Waals surface area contributed by atoms with Crippen LogP contribution in [0.1, 0.15) is 6.92 Å². The first-order valence-electron chi connectivity index (χ1n) is 8.39. The number of nitrogens with zero attached hydrogens (tertiary/aromatic N) is 2. The Morgan fingerprint density at radius 2 is 0.880 bits per heavy atom. The molecule has 0 rings (SSSR count). The summed E-state index contributed by atoms with van der Waals surface area (Å²) in [5.41, 5.74) is 0. The third kappa shape index (κ3) is 11.0. The van der Waals surface area contributed by atoms with Gasteiger partial charge >= 0.3 is 0 Å². The van der Waals surface area contributed by atoms with Crippen molar-refractivity contribution in [2.75, 3.05) is 59.2 Å². The summed E-state index contributed by atoms with van der Waals surface area (Å²) in [7, 11) is 0. The molecule has 0 saturated heterocycles. The van der Waals surface area contributed by atoms with Crippen molar-refractivity contribution in [1.29, 1.82) is 0 Å². The van der Waals surface area contributed by atoms with Gasteiger partial charge in [0.05, 0.1) is 50.8 Å². The van der Waals surface area contributed by atoms with Crippen LogP contribution in [0.15, 0.2) is 0 Å². The third-order valence-corrected chi connectivity index (χ3v) is 3.82. The van der Waals surface area contributed by atoms with E-state index in [2.05, 4.69) is 0 Å². The van der Waals surface area contributed by atoms with Crippen LogP contribution < -0.4 is 0 Å². The van der Waals surface area contributed by atoms with Crippen LogP contribution in [0.2, 0.25) is 0 Å². The van der Waals surface area contributed by atoms with Gasteiger partial charge in [-0.15, -0.1) is 0 Å². The molecule has 0 aliphatic rings. The maximum absolute atomic E-state index is 9.67. The van der Waals surface area contributed by atoms with Crippen molar-refractivity contribution in [1.82, 2.24) is 9.80 Å². The number of aliphatic hydroxyl groups excluding tert-OH is 8. The molecule has 10 heteroatoms. The van der Waals surface area contributed by atoms with Gasteiger partial charge in [0.25, 0.3) is 0 Å². The van der Waals surface area contributed by atoms with Crippen LogP contribution in [0.25, 0.3) is 0 Å². The van der Waals surface area contributed by atoms with Crippen LogP contribution in [-0.4, -0.2) is 140 Å². The molecule has 0 radical (unpaired) electrons. The summed E-state index contributed by atoms with van der Waals surface area (Å²) in [6, 6.07) is -0.279. The minimum absolute atomic E-state index is 0.0632. The largest absolute Gasteiger partial charge is 0.394 e. The van der Waals surface area contributed by atoms with Gasteiger partial charge in [0.2, 0.25) is 0 Å². The monoisotopic (exact) mass is 370 g/mol. The summed E-state index contributed by atoms with van der Waals surface area (Å²) >= 11 is 0. The first-order chi connectivity index (χ1) is 11.8. The normalized spacial score (nSPS) is 18.4. The van der Waals surface area contributed by atoms with E-state index >= 15 is 0 Å². The highest BCUT2D eigenvalue weighted by molar-refractivity contribution is 4.79. The van der Waals surface area contributed by atoms with Crippen molar-refractivity contribution in [3.05, 3.63) is 0 Å². The Balaban J connectivity index is 4.95. The summed E-state index contributed by atoms with van der Waals surface area (Å²) in [5.74, 6) is 0. The summed E-state index contributed by atoms with van der Waals surface area (Å²) in [6.07, 6.45) is -4.07. The fraction of sp³-hybridized carbons (Fsp3) is 1.00. The number of hydrogen-bond donors (Lipinski definition) is 8. The molecule has 0 aliphatic carbocycles. The molecule has 8 N–H and O–H groups in total. The summed E-state index contributed by atoms with van der Waals surface area (Å²) in [6.45, 7) is 0.549. The molecule has 152 valence electrons. The molecule has 0 aromatic carbocycles. The van der Waals surface area contributed by atoms with Gasteiger partial charge in [-0.2, -0.15) is 0 Å². The molecule has 10 nitrogen and oxygen atoms in total. The van der Waals surface area contributed by atoms with E-state index in [0.717, 1.165) is 0 Å². The Kier molecular flexibility index (Phi) is 13.5. The maximum Gasteiger partial charge on any atom is 0.0897 e. The lowest BCUT2D eigenvalue weighted by Gasteiger charge is -2.36. The Labute approximate surface area is 148 Å². The van der Waals surface area contributed by atoms with E-state index in [9.17, 15) is 20.4 Å². The Bertz CT molecular complexity index is 302. The van der Waals surface area contributed by atoms with Gasteiger partial charge in [-0.25, -0.2) is 0 Å². The molecule has 5 unspecified atom stereocenters. The van der Waals surface area contributed by atoms with Crippen molar-refractivity contribution >= 4 is 0 Å². The summed E-state index contributed by atoms with van der Waals surface area (Å²) in [4.78, 5) is 3.32. The zero-order valence-electron chi connectivity index (χ0n) is 14.7. The molecule has 0 aromatic heterocycles. The number of aliphatic hydroxyl groups is 8. The molecule has 0 fully saturated rings. The number of hydrogen-bond acceptors (Lipinski definition) is 10. The van der Waals surface area contributed by atoms with E-state index < -0.39 is 50.8 Å². The topological polar surface area (TPSA) is 168 Å². The quantitative estimate of drug-likeness (QED) is 0.140. The van der Waals surface area contributed by atoms with Crippen molar-refractivity contribution in [3.8, 4) is 0 Å². The lowest BCUT2D eigenvalue weighted by atomic mass is 10.1. The fourth-order valence-corrected chi connectivity index (χ4v) is 2.52. The zero-order chi connectivity index (χ0) is 19.4. The molecule has 0 bridgehead atoms. The molecule has 25 heavy (non-hydrogen) atoms. The second kappa shape index (κ2) is 13.8. The molecule has 0 heterocycles. The van der Waals surface area contributed by atoms with Gasteiger partial charge in [-0.05, 0) is 6.92 Å². The van der Waals surface area contributed by atoms with Crippen molar-refractivity contribution in [2.45, 2.75) is 37.4 Å². The molecule has 0 spiro atoms. The van der Waals surface area contributed by atoms with Gasteiger partial charge < -0.3 is 40.9 Å². The highest BCUT2D eigenvalue weighted by Gasteiger charge is 2.24. The smallest absolute Gasteiger partial charge is 0.0897 e. The minimum Gasteiger partial charge on any atom is -0.394 e. The highest BCUT2D eigenvalue weighted by Crippen LogP contribution is 2.07. The summed E-state index contributed by atoms with van der Waals surface area (Å²) < 4.78 is 0. The molecule has 5 atom stereocenters. The highest BCUT2D eigenvalue weighted by atomic mass is 16.3. The second-order valence-corrected chi connectivity index (χ2v) is 6.37. The van der Waals surface area contributed by atoms with Crippen LogP contribution >= 0.6 is 0 Å². The fourth-order valence-electron chi connectivity index (χ4n) is 2.52. The molecule has 0 aliphatic heterocycles. The van der Waals surface area contributed by atoms with Gasteiger partial charge in [-0.3, -0.25) is 9.80 Å². The van der Waals surface area contributed by atoms with E-state index in [1.807, 2.05) is 0 Å². The van der Waals surface area contributed by atoms with Crippen LogP contribution in [0.4, 0.5) is 0 Å². The molecular formula is C15H34N2O8. The number of rotatable bonds is 15. The second-order valence-electron chi connectivity index (χ2n) is 6.37. The average Bonchev–Trinajstić information content (AvgIpc) is 2.59. The first-order valence-corrected chi connectivity index (χ1v) is 8.39. The standard InChI is InChI=1S/C15H34N2O8/c1-11(17(5-14(24)9-20)6-15(25)10-21)2-16(3-12(22)7-18)4-13(23)8-19/h11-15,18-25H,2-10H2,1H3. The minimum atomic E-state index is -1.02. The predicted molar refractivity (Wildman–Crippen MR) is 89.8 cm³/mol. The molecule has 0 amide bonds. The van der Waals surface area contributed by atoms with E-state index in [1.54, 1.807) is 16.7 Å². The lowest BCUT2D eigenvalue weighted by Crippen LogP contribution is -2.51. The SMILES string of the molecule is CC(CN(CC(O)CO)CC(O)CO)N(CC(O)CO)CC(O)CO. The van der Waals surface area contributed by atoms with Crippen LogP contribution in [0.5, 0.6) is 0 Å². The first kappa shape index (κ1) is 24.6. The Hall–Kier alpha value is -0.400. The lowest BCUT2D eigenvalue weighted by molar-refractivity contribution is -0.0115. The van der Waals surface area contributed by atoms with Crippen molar-refractivity contribution < 1.29 is 40.9 Å². The van der Waals surface area contributed by atoms with E-state index in [1.165, 1.54) is 0 Å².